The SMILES string of the molecule is CC1(C)CC(=O)C2=C(C1)OC(N)=C(C#N)C2c1cccc(OCC(=O)Nc2ccc(F)cc2)c1. The zero-order valence-electron chi connectivity index (χ0n) is 18.9. The average Bonchev–Trinajstić information content (AvgIpc) is 2.77. The summed E-state index contributed by atoms with van der Waals surface area (Å²) >= 11 is 0. The fourth-order valence-corrected chi connectivity index (χ4v) is 4.28. The van der Waals surface area contributed by atoms with Crippen molar-refractivity contribution in [1.82, 2.24) is 0 Å². The molecular formula is C26H24FN3O4. The standard InChI is InChI=1S/C26H24FN3O4/c1-26(2)11-20(31)24-21(12-26)34-25(29)19(13-28)23(24)15-4-3-5-18(10-15)33-14-22(32)30-17-8-6-16(27)7-9-17/h3-10,23H,11-12,14,29H2,1-2H3,(H,30,32). The summed E-state index contributed by atoms with van der Waals surface area (Å²) in [6.07, 6.45) is 0.869. The van der Waals surface area contributed by atoms with Crippen molar-refractivity contribution in [3.8, 4) is 11.8 Å². The van der Waals surface area contributed by atoms with E-state index < -0.39 is 17.6 Å². The summed E-state index contributed by atoms with van der Waals surface area (Å²) in [5.74, 6) is -0.701. The quantitative estimate of drug-likeness (QED) is 0.686. The highest BCUT2D eigenvalue weighted by atomic mass is 19.1. The van der Waals surface area contributed by atoms with Crippen LogP contribution in [0.25, 0.3) is 0 Å². The van der Waals surface area contributed by atoms with Crippen LogP contribution in [0.5, 0.6) is 5.75 Å². The van der Waals surface area contributed by atoms with Crippen LogP contribution in [0, 0.1) is 22.6 Å². The van der Waals surface area contributed by atoms with Gasteiger partial charge < -0.3 is 20.5 Å². The molecule has 0 saturated heterocycles. The van der Waals surface area contributed by atoms with Crippen LogP contribution in [0.15, 0.2) is 71.3 Å². The van der Waals surface area contributed by atoms with Gasteiger partial charge in [-0.1, -0.05) is 26.0 Å². The smallest absolute Gasteiger partial charge is 0.262 e. The first-order chi connectivity index (χ1) is 16.2. The second kappa shape index (κ2) is 9.02. The monoisotopic (exact) mass is 461 g/mol. The maximum atomic E-state index is 13.1. The molecule has 8 heteroatoms. The molecular weight excluding hydrogens is 437 g/mol. The second-order valence-electron chi connectivity index (χ2n) is 9.12. The number of carbonyl (C=O) groups is 2. The van der Waals surface area contributed by atoms with Crippen molar-refractivity contribution >= 4 is 17.4 Å². The molecule has 0 spiro atoms. The Kier molecular flexibility index (Phi) is 6.12. The highest BCUT2D eigenvalue weighted by Gasteiger charge is 2.43. The molecule has 3 N–H and O–H groups in total. The Hall–Kier alpha value is -4.12. The lowest BCUT2D eigenvalue weighted by molar-refractivity contribution is -0.119. The van der Waals surface area contributed by atoms with Gasteiger partial charge in [-0.2, -0.15) is 5.26 Å². The van der Waals surface area contributed by atoms with Gasteiger partial charge in [0.1, 0.15) is 29.0 Å². The number of nitrogens with one attached hydrogen (secondary N) is 1. The van der Waals surface area contributed by atoms with Crippen LogP contribution >= 0.6 is 0 Å². The van der Waals surface area contributed by atoms with Crippen LogP contribution < -0.4 is 15.8 Å². The summed E-state index contributed by atoms with van der Waals surface area (Å²) in [7, 11) is 0. The summed E-state index contributed by atoms with van der Waals surface area (Å²) in [6, 6.07) is 14.3. The van der Waals surface area contributed by atoms with Crippen molar-refractivity contribution < 1.29 is 23.5 Å². The van der Waals surface area contributed by atoms with Crippen LogP contribution in [0.3, 0.4) is 0 Å². The number of hydrogen-bond acceptors (Lipinski definition) is 6. The van der Waals surface area contributed by atoms with E-state index >= 15 is 0 Å². The molecule has 1 aliphatic heterocycles. The van der Waals surface area contributed by atoms with E-state index in [2.05, 4.69) is 11.4 Å². The third kappa shape index (κ3) is 4.79. The van der Waals surface area contributed by atoms with Gasteiger partial charge in [0.25, 0.3) is 5.91 Å². The van der Waals surface area contributed by atoms with Crippen molar-refractivity contribution in [3.63, 3.8) is 0 Å². The van der Waals surface area contributed by atoms with Gasteiger partial charge in [0.15, 0.2) is 12.4 Å². The van der Waals surface area contributed by atoms with E-state index in [1.54, 1.807) is 24.3 Å². The van der Waals surface area contributed by atoms with Gasteiger partial charge in [-0.25, -0.2) is 4.39 Å². The molecule has 2 aliphatic rings. The first-order valence-electron chi connectivity index (χ1n) is 10.8. The van der Waals surface area contributed by atoms with Crippen molar-refractivity contribution in [1.29, 1.82) is 5.26 Å². The number of hydrogen-bond donors (Lipinski definition) is 2. The largest absolute Gasteiger partial charge is 0.484 e. The van der Waals surface area contributed by atoms with Gasteiger partial charge in [0.05, 0.1) is 5.92 Å². The molecule has 2 aromatic rings. The summed E-state index contributed by atoms with van der Waals surface area (Å²) in [6.45, 7) is 3.69. The average molecular weight is 461 g/mol. The number of carbonyl (C=O) groups excluding carboxylic acids is 2. The van der Waals surface area contributed by atoms with Gasteiger partial charge in [0.2, 0.25) is 5.88 Å². The van der Waals surface area contributed by atoms with E-state index in [0.29, 0.717) is 41.2 Å². The van der Waals surface area contributed by atoms with Gasteiger partial charge in [-0.15, -0.1) is 0 Å². The van der Waals surface area contributed by atoms with Gasteiger partial charge in [-0.05, 0) is 47.4 Å². The Labute approximate surface area is 196 Å². The number of anilines is 1. The minimum Gasteiger partial charge on any atom is -0.484 e. The molecule has 1 heterocycles. The van der Waals surface area contributed by atoms with Gasteiger partial charge >= 0.3 is 0 Å². The summed E-state index contributed by atoms with van der Waals surface area (Å²) < 4.78 is 24.4. The number of nitrogens with zero attached hydrogens (tertiary/aromatic N) is 1. The highest BCUT2D eigenvalue weighted by Crippen LogP contribution is 2.48. The number of nitriles is 1. The number of halogens is 1. The Morgan fingerprint density at radius 2 is 2.00 bits per heavy atom. The van der Waals surface area contributed by atoms with Crippen LogP contribution in [-0.2, 0) is 14.3 Å². The van der Waals surface area contributed by atoms with E-state index in [1.165, 1.54) is 24.3 Å². The fourth-order valence-electron chi connectivity index (χ4n) is 4.28. The molecule has 4 rings (SSSR count). The number of nitrogens with two attached hydrogens (primary N) is 1. The Morgan fingerprint density at radius 3 is 2.71 bits per heavy atom. The lowest BCUT2D eigenvalue weighted by atomic mass is 9.70. The van der Waals surface area contributed by atoms with Crippen LogP contribution in [0.1, 0.15) is 38.2 Å². The van der Waals surface area contributed by atoms with Crippen molar-refractivity contribution in [3.05, 3.63) is 82.7 Å². The molecule has 2 aromatic carbocycles. The fraction of sp³-hybridized carbons (Fsp3) is 0.269. The molecule has 174 valence electrons. The summed E-state index contributed by atoms with van der Waals surface area (Å²) in [4.78, 5) is 25.3. The molecule has 0 fully saturated rings. The number of Topliss-reactive ketones (excluding diaryl/α,β-unsaturated/α-hetero) is 1. The predicted molar refractivity (Wildman–Crippen MR) is 123 cm³/mol. The Morgan fingerprint density at radius 1 is 1.26 bits per heavy atom. The van der Waals surface area contributed by atoms with Crippen LogP contribution in [0.2, 0.25) is 0 Å². The lowest BCUT2D eigenvalue weighted by Gasteiger charge is -2.37. The molecule has 1 amide bonds. The van der Waals surface area contributed by atoms with E-state index in [0.717, 1.165) is 0 Å². The molecule has 0 saturated carbocycles. The van der Waals surface area contributed by atoms with E-state index in [1.807, 2.05) is 13.8 Å². The zero-order valence-corrected chi connectivity index (χ0v) is 18.9. The summed E-state index contributed by atoms with van der Waals surface area (Å²) in [5, 5.41) is 12.4. The van der Waals surface area contributed by atoms with Crippen molar-refractivity contribution in [2.45, 2.75) is 32.6 Å². The predicted octanol–water partition coefficient (Wildman–Crippen LogP) is 4.29. The number of ketones is 1. The number of ether oxygens (including phenoxy) is 2. The maximum absolute atomic E-state index is 13.1. The van der Waals surface area contributed by atoms with Gasteiger partial charge in [0, 0.05) is 24.1 Å². The molecule has 1 unspecified atom stereocenters. The number of allylic oxidation sites excluding steroid dienone is 3. The number of rotatable bonds is 5. The van der Waals surface area contributed by atoms with Crippen LogP contribution in [0.4, 0.5) is 10.1 Å². The van der Waals surface area contributed by atoms with E-state index in [-0.39, 0.29) is 29.3 Å². The first kappa shape index (κ1) is 23.1. The topological polar surface area (TPSA) is 114 Å². The maximum Gasteiger partial charge on any atom is 0.262 e. The number of benzene rings is 2. The second-order valence-corrected chi connectivity index (χ2v) is 9.12. The summed E-state index contributed by atoms with van der Waals surface area (Å²) in [5.41, 5.74) is 7.48. The molecule has 1 aliphatic carbocycles. The number of amides is 1. The molecule has 0 bridgehead atoms. The van der Waals surface area contributed by atoms with E-state index in [9.17, 15) is 19.2 Å². The van der Waals surface area contributed by atoms with Crippen molar-refractivity contribution in [2.24, 2.45) is 11.1 Å². The first-order valence-corrected chi connectivity index (χ1v) is 10.8. The van der Waals surface area contributed by atoms with Gasteiger partial charge in [-0.3, -0.25) is 9.59 Å². The molecule has 34 heavy (non-hydrogen) atoms. The third-order valence-electron chi connectivity index (χ3n) is 5.76. The lowest BCUT2D eigenvalue weighted by Crippen LogP contribution is -2.33. The third-order valence-corrected chi connectivity index (χ3v) is 5.76. The molecule has 0 radical (unpaired) electrons. The molecule has 1 atom stereocenters. The highest BCUT2D eigenvalue weighted by molar-refractivity contribution is 6.00. The zero-order chi connectivity index (χ0) is 24.5. The van der Waals surface area contributed by atoms with Crippen LogP contribution in [-0.4, -0.2) is 18.3 Å². The Balaban J connectivity index is 1.56. The molecule has 7 nitrogen and oxygen atoms in total. The van der Waals surface area contributed by atoms with E-state index in [4.69, 9.17) is 15.2 Å². The minimum atomic E-state index is -0.672. The van der Waals surface area contributed by atoms with Crippen molar-refractivity contribution in [2.75, 3.05) is 11.9 Å². The minimum absolute atomic E-state index is 0.0123. The molecule has 0 aromatic heterocycles. The Bertz CT molecular complexity index is 1260. The normalized spacial score (nSPS) is 19.1.